The number of unbranched alkanes of at least 4 members (excludes halogenated alkanes) is 2. The molecule has 0 radical (unpaired) electrons. The molecule has 0 saturated heterocycles. The number of hydrogen-bond acceptors (Lipinski definition) is 4. The van der Waals surface area contributed by atoms with E-state index < -0.39 is 0 Å². The number of benzene rings is 1. The second-order valence-electron chi connectivity index (χ2n) is 4.11. The van der Waals surface area contributed by atoms with Crippen molar-refractivity contribution in [3.05, 3.63) is 22.7 Å². The van der Waals surface area contributed by atoms with Gasteiger partial charge in [-0.3, -0.25) is 0 Å². The summed E-state index contributed by atoms with van der Waals surface area (Å²) in [5, 5.41) is 4.45. The predicted molar refractivity (Wildman–Crippen MR) is 88.0 cm³/mol. The Labute approximate surface area is 125 Å². The topological polar surface area (TPSA) is 24.9 Å². The van der Waals surface area contributed by atoms with Gasteiger partial charge in [-0.15, -0.1) is 0 Å². The number of nitrogens with zero attached hydrogens (tertiary/aromatic N) is 1. The highest BCUT2D eigenvalue weighted by atomic mass is 79.9. The number of anilines is 1. The van der Waals surface area contributed by atoms with Crippen LogP contribution in [-0.2, 0) is 0 Å². The van der Waals surface area contributed by atoms with Crippen molar-refractivity contribution in [2.75, 3.05) is 23.9 Å². The summed E-state index contributed by atoms with van der Waals surface area (Å²) in [4.78, 5) is 4.57. The summed E-state index contributed by atoms with van der Waals surface area (Å²) in [6.07, 6.45) is 6.00. The maximum absolute atomic E-state index is 4.57. The number of rotatable bonds is 7. The molecule has 0 amide bonds. The first kappa shape index (κ1) is 14.2. The monoisotopic (exact) mass is 344 g/mol. The van der Waals surface area contributed by atoms with E-state index in [4.69, 9.17) is 0 Å². The molecule has 0 bridgehead atoms. The Bertz CT molecular complexity index is 499. The van der Waals surface area contributed by atoms with Crippen LogP contribution in [0.4, 0.5) is 5.13 Å². The quantitative estimate of drug-likeness (QED) is 0.715. The molecule has 0 fully saturated rings. The zero-order valence-corrected chi connectivity index (χ0v) is 13.6. The summed E-state index contributed by atoms with van der Waals surface area (Å²) in [5.74, 6) is 1.27. The van der Waals surface area contributed by atoms with Crippen molar-refractivity contribution in [3.63, 3.8) is 0 Å². The Hall–Kier alpha value is -0.260. The van der Waals surface area contributed by atoms with Gasteiger partial charge in [0.2, 0.25) is 0 Å². The van der Waals surface area contributed by atoms with Gasteiger partial charge in [0.05, 0.1) is 10.2 Å². The number of halogens is 1. The zero-order valence-electron chi connectivity index (χ0n) is 10.4. The van der Waals surface area contributed by atoms with Gasteiger partial charge >= 0.3 is 0 Å². The van der Waals surface area contributed by atoms with Crippen molar-refractivity contribution in [2.24, 2.45) is 0 Å². The third kappa shape index (κ3) is 4.14. The molecule has 0 aliphatic carbocycles. The van der Waals surface area contributed by atoms with E-state index in [0.29, 0.717) is 0 Å². The van der Waals surface area contributed by atoms with Gasteiger partial charge in [-0.1, -0.05) is 33.7 Å². The molecule has 1 aromatic heterocycles. The maximum Gasteiger partial charge on any atom is 0.183 e. The Morgan fingerprint density at radius 2 is 2.22 bits per heavy atom. The van der Waals surface area contributed by atoms with Crippen molar-refractivity contribution in [1.29, 1.82) is 0 Å². The molecule has 0 aliphatic rings. The molecular formula is C13H17BrN2S2. The van der Waals surface area contributed by atoms with E-state index in [1.54, 1.807) is 11.3 Å². The lowest BCUT2D eigenvalue weighted by molar-refractivity contribution is 0.749. The minimum atomic E-state index is 1.02. The van der Waals surface area contributed by atoms with Crippen molar-refractivity contribution in [3.8, 4) is 0 Å². The molecule has 2 rings (SSSR count). The van der Waals surface area contributed by atoms with Crippen molar-refractivity contribution >= 4 is 54.4 Å². The van der Waals surface area contributed by atoms with Gasteiger partial charge in [-0.25, -0.2) is 4.98 Å². The zero-order chi connectivity index (χ0) is 12.8. The van der Waals surface area contributed by atoms with Gasteiger partial charge in [0.15, 0.2) is 5.13 Å². The summed E-state index contributed by atoms with van der Waals surface area (Å²) in [6, 6.07) is 6.21. The standard InChI is InChI=1S/C13H17BrN2S2/c1-17-8-4-2-3-7-15-13-16-11-6-5-10(14)9-12(11)18-13/h5-6,9H,2-4,7-8H2,1H3,(H,15,16). The Balaban J connectivity index is 1.81. The summed E-state index contributed by atoms with van der Waals surface area (Å²) in [7, 11) is 0. The van der Waals surface area contributed by atoms with Crippen LogP contribution >= 0.6 is 39.0 Å². The number of fused-ring (bicyclic) bond motifs is 1. The van der Waals surface area contributed by atoms with Crippen LogP contribution in [0.15, 0.2) is 22.7 Å². The first-order valence-corrected chi connectivity index (χ1v) is 9.09. The van der Waals surface area contributed by atoms with Gasteiger partial charge < -0.3 is 5.32 Å². The Morgan fingerprint density at radius 1 is 1.33 bits per heavy atom. The minimum Gasteiger partial charge on any atom is -0.361 e. The number of hydrogen-bond donors (Lipinski definition) is 1. The Kier molecular flexibility index (Phi) is 5.79. The van der Waals surface area contributed by atoms with Crippen LogP contribution in [0.1, 0.15) is 19.3 Å². The van der Waals surface area contributed by atoms with E-state index in [-0.39, 0.29) is 0 Å². The SMILES string of the molecule is CSCCCCCNc1nc2ccc(Br)cc2s1. The number of nitrogens with one attached hydrogen (secondary N) is 1. The molecule has 5 heteroatoms. The lowest BCUT2D eigenvalue weighted by Crippen LogP contribution is -2.00. The van der Waals surface area contributed by atoms with E-state index in [1.807, 2.05) is 17.8 Å². The van der Waals surface area contributed by atoms with Crippen molar-refractivity contribution < 1.29 is 0 Å². The van der Waals surface area contributed by atoms with Crippen LogP contribution in [-0.4, -0.2) is 23.5 Å². The van der Waals surface area contributed by atoms with Crippen LogP contribution in [0.3, 0.4) is 0 Å². The third-order valence-corrected chi connectivity index (χ3v) is 4.82. The number of thioether (sulfide) groups is 1. The normalized spacial score (nSPS) is 11.0. The van der Waals surface area contributed by atoms with E-state index in [1.165, 1.54) is 29.7 Å². The average molecular weight is 345 g/mol. The Morgan fingerprint density at radius 3 is 3.06 bits per heavy atom. The fourth-order valence-electron chi connectivity index (χ4n) is 1.72. The maximum atomic E-state index is 4.57. The highest BCUT2D eigenvalue weighted by Gasteiger charge is 2.03. The van der Waals surface area contributed by atoms with E-state index >= 15 is 0 Å². The highest BCUT2D eigenvalue weighted by molar-refractivity contribution is 9.10. The number of aromatic nitrogens is 1. The summed E-state index contributed by atoms with van der Waals surface area (Å²) in [6.45, 7) is 1.02. The van der Waals surface area contributed by atoms with Crippen LogP contribution in [0.2, 0.25) is 0 Å². The van der Waals surface area contributed by atoms with Gasteiger partial charge in [0, 0.05) is 11.0 Å². The van der Waals surface area contributed by atoms with E-state index in [2.05, 4.69) is 44.6 Å². The fourth-order valence-corrected chi connectivity index (χ4v) is 3.65. The van der Waals surface area contributed by atoms with E-state index in [9.17, 15) is 0 Å². The molecule has 0 spiro atoms. The summed E-state index contributed by atoms with van der Waals surface area (Å²) >= 11 is 7.13. The molecule has 0 unspecified atom stereocenters. The second-order valence-corrected chi connectivity index (χ2v) is 7.04. The second kappa shape index (κ2) is 7.36. The van der Waals surface area contributed by atoms with Crippen LogP contribution in [0, 0.1) is 0 Å². The first-order chi connectivity index (χ1) is 8.79. The predicted octanol–water partition coefficient (Wildman–Crippen LogP) is 5.00. The molecule has 98 valence electrons. The molecule has 18 heavy (non-hydrogen) atoms. The lowest BCUT2D eigenvalue weighted by Gasteiger charge is -2.01. The fraction of sp³-hybridized carbons (Fsp3) is 0.462. The third-order valence-electron chi connectivity index (χ3n) is 2.65. The molecule has 2 aromatic rings. The summed E-state index contributed by atoms with van der Waals surface area (Å²) in [5.41, 5.74) is 1.08. The van der Waals surface area contributed by atoms with Gasteiger partial charge in [0.25, 0.3) is 0 Å². The molecule has 2 nitrogen and oxygen atoms in total. The van der Waals surface area contributed by atoms with Crippen molar-refractivity contribution in [1.82, 2.24) is 4.98 Å². The van der Waals surface area contributed by atoms with Crippen LogP contribution in [0.5, 0.6) is 0 Å². The molecule has 0 aliphatic heterocycles. The van der Waals surface area contributed by atoms with E-state index in [0.717, 1.165) is 21.7 Å². The molecule has 1 aromatic carbocycles. The molecule has 0 atom stereocenters. The first-order valence-electron chi connectivity index (χ1n) is 6.08. The summed E-state index contributed by atoms with van der Waals surface area (Å²) < 4.78 is 2.34. The van der Waals surface area contributed by atoms with Gasteiger partial charge in [0.1, 0.15) is 0 Å². The molecule has 1 N–H and O–H groups in total. The number of thiazole rings is 1. The minimum absolute atomic E-state index is 1.02. The smallest absolute Gasteiger partial charge is 0.183 e. The molecule has 1 heterocycles. The molecule has 0 saturated carbocycles. The van der Waals surface area contributed by atoms with Crippen LogP contribution in [0.25, 0.3) is 10.2 Å². The van der Waals surface area contributed by atoms with Gasteiger partial charge in [-0.2, -0.15) is 11.8 Å². The average Bonchev–Trinajstić information content (AvgIpc) is 2.75. The van der Waals surface area contributed by atoms with Crippen molar-refractivity contribution in [2.45, 2.75) is 19.3 Å². The highest BCUT2D eigenvalue weighted by Crippen LogP contribution is 2.28. The lowest BCUT2D eigenvalue weighted by atomic mass is 10.2. The van der Waals surface area contributed by atoms with Crippen LogP contribution < -0.4 is 5.32 Å². The molecular weight excluding hydrogens is 328 g/mol. The van der Waals surface area contributed by atoms with Gasteiger partial charge in [-0.05, 0) is 43.0 Å². The largest absolute Gasteiger partial charge is 0.361 e.